The lowest BCUT2D eigenvalue weighted by atomic mass is 9.68. The van der Waals surface area contributed by atoms with Crippen LogP contribution in [0.25, 0.3) is 0 Å². The molecule has 0 bridgehead atoms. The highest BCUT2D eigenvalue weighted by molar-refractivity contribution is 5.01. The molecule has 2 aliphatic carbocycles. The minimum atomic E-state index is 0.294. The smallest absolute Gasteiger partial charge is 0.117 e. The number of rotatable bonds is 5. The first-order valence-electron chi connectivity index (χ1n) is 8.08. The van der Waals surface area contributed by atoms with Crippen molar-refractivity contribution in [3.8, 4) is 0 Å². The zero-order chi connectivity index (χ0) is 14.2. The third-order valence-electron chi connectivity index (χ3n) is 5.28. The third-order valence-corrected chi connectivity index (χ3v) is 5.28. The van der Waals surface area contributed by atoms with Gasteiger partial charge in [0.05, 0.1) is 12.8 Å². The molecule has 0 radical (unpaired) electrons. The Labute approximate surface area is 122 Å². The van der Waals surface area contributed by atoms with Gasteiger partial charge >= 0.3 is 0 Å². The standard InChI is InChI=1S/C17H28N2O/c1-17(2)9-3-5-13(16(17)18)11-19(14-7-8-14)12-15-6-4-10-20-15/h4,6,10,13-14,16H,3,5,7-9,11-12,18H2,1-2H3. The van der Waals surface area contributed by atoms with E-state index in [2.05, 4.69) is 24.8 Å². The number of nitrogens with zero attached hydrogens (tertiary/aromatic N) is 1. The van der Waals surface area contributed by atoms with Crippen molar-refractivity contribution >= 4 is 0 Å². The molecule has 0 amide bonds. The minimum Gasteiger partial charge on any atom is -0.468 e. The van der Waals surface area contributed by atoms with Crippen molar-refractivity contribution < 1.29 is 4.42 Å². The average molecular weight is 276 g/mol. The summed E-state index contributed by atoms with van der Waals surface area (Å²) in [7, 11) is 0. The van der Waals surface area contributed by atoms with Gasteiger partial charge in [-0.3, -0.25) is 4.90 Å². The molecule has 3 rings (SSSR count). The van der Waals surface area contributed by atoms with Gasteiger partial charge in [0.15, 0.2) is 0 Å². The van der Waals surface area contributed by atoms with Crippen molar-refractivity contribution in [2.75, 3.05) is 6.54 Å². The molecule has 0 spiro atoms. The largest absolute Gasteiger partial charge is 0.468 e. The number of hydrogen-bond donors (Lipinski definition) is 1. The predicted octanol–water partition coefficient (Wildman–Crippen LogP) is 3.40. The summed E-state index contributed by atoms with van der Waals surface area (Å²) < 4.78 is 5.53. The molecule has 2 aliphatic rings. The van der Waals surface area contributed by atoms with Crippen LogP contribution in [-0.4, -0.2) is 23.5 Å². The van der Waals surface area contributed by atoms with Gasteiger partial charge in [-0.15, -0.1) is 0 Å². The van der Waals surface area contributed by atoms with E-state index in [9.17, 15) is 0 Å². The van der Waals surface area contributed by atoms with Crippen LogP contribution in [0.2, 0.25) is 0 Å². The molecule has 1 aromatic heterocycles. The van der Waals surface area contributed by atoms with Crippen LogP contribution in [0.3, 0.4) is 0 Å². The van der Waals surface area contributed by atoms with Crippen molar-refractivity contribution in [1.29, 1.82) is 0 Å². The van der Waals surface area contributed by atoms with Crippen molar-refractivity contribution in [2.24, 2.45) is 17.1 Å². The molecular formula is C17H28N2O. The molecule has 0 saturated heterocycles. The Hall–Kier alpha value is -0.800. The summed E-state index contributed by atoms with van der Waals surface area (Å²) in [6.07, 6.45) is 8.33. The monoisotopic (exact) mass is 276 g/mol. The molecule has 3 nitrogen and oxygen atoms in total. The van der Waals surface area contributed by atoms with Gasteiger partial charge in [0.1, 0.15) is 5.76 Å². The second-order valence-corrected chi connectivity index (χ2v) is 7.41. The molecule has 0 aromatic carbocycles. The SMILES string of the molecule is CC1(C)CCCC(CN(Cc2ccco2)C2CC2)C1N. The maximum atomic E-state index is 6.55. The summed E-state index contributed by atoms with van der Waals surface area (Å²) in [5.74, 6) is 1.72. The molecule has 2 saturated carbocycles. The summed E-state index contributed by atoms with van der Waals surface area (Å²) in [5, 5.41) is 0. The molecule has 1 heterocycles. The maximum Gasteiger partial charge on any atom is 0.117 e. The number of nitrogens with two attached hydrogens (primary N) is 1. The lowest BCUT2D eigenvalue weighted by Gasteiger charge is -2.43. The average Bonchev–Trinajstić information content (AvgIpc) is 3.13. The minimum absolute atomic E-state index is 0.294. The Morgan fingerprint density at radius 3 is 2.80 bits per heavy atom. The Bertz CT molecular complexity index is 422. The van der Waals surface area contributed by atoms with E-state index >= 15 is 0 Å². The molecule has 3 heteroatoms. The third kappa shape index (κ3) is 3.09. The molecule has 2 N–H and O–H groups in total. The van der Waals surface area contributed by atoms with Crippen LogP contribution in [0.1, 0.15) is 51.7 Å². The summed E-state index contributed by atoms with van der Waals surface area (Å²) in [4.78, 5) is 2.60. The van der Waals surface area contributed by atoms with Crippen LogP contribution < -0.4 is 5.73 Å². The highest BCUT2D eigenvalue weighted by Crippen LogP contribution is 2.39. The van der Waals surface area contributed by atoms with Gasteiger partial charge in [-0.1, -0.05) is 20.3 Å². The lowest BCUT2D eigenvalue weighted by molar-refractivity contribution is 0.0931. The molecule has 2 atom stereocenters. The fraction of sp³-hybridized carbons (Fsp3) is 0.765. The van der Waals surface area contributed by atoms with Gasteiger partial charge in [0.25, 0.3) is 0 Å². The van der Waals surface area contributed by atoms with Gasteiger partial charge in [0, 0.05) is 18.6 Å². The van der Waals surface area contributed by atoms with Gasteiger partial charge in [0.2, 0.25) is 0 Å². The van der Waals surface area contributed by atoms with Crippen molar-refractivity contribution in [1.82, 2.24) is 4.90 Å². The van der Waals surface area contributed by atoms with Crippen LogP contribution >= 0.6 is 0 Å². The van der Waals surface area contributed by atoms with Gasteiger partial charge in [-0.2, -0.15) is 0 Å². The van der Waals surface area contributed by atoms with Crippen LogP contribution in [0.4, 0.5) is 0 Å². The predicted molar refractivity (Wildman–Crippen MR) is 81.2 cm³/mol. The Balaban J connectivity index is 1.64. The summed E-state index contributed by atoms with van der Waals surface area (Å²) in [6, 6.07) is 5.15. The fourth-order valence-corrected chi connectivity index (χ4v) is 3.70. The van der Waals surface area contributed by atoms with Crippen molar-refractivity contribution in [3.63, 3.8) is 0 Å². The van der Waals surface area contributed by atoms with E-state index in [4.69, 9.17) is 10.2 Å². The molecule has 1 aromatic rings. The molecule has 112 valence electrons. The maximum absolute atomic E-state index is 6.55. The summed E-state index contributed by atoms with van der Waals surface area (Å²) in [6.45, 7) is 6.74. The highest BCUT2D eigenvalue weighted by Gasteiger charge is 2.39. The first-order valence-corrected chi connectivity index (χ1v) is 8.08. The molecule has 2 fully saturated rings. The van der Waals surface area contributed by atoms with Crippen LogP contribution in [-0.2, 0) is 6.54 Å². The van der Waals surface area contributed by atoms with E-state index in [0.29, 0.717) is 17.4 Å². The van der Waals surface area contributed by atoms with Crippen molar-refractivity contribution in [2.45, 2.75) is 64.6 Å². The van der Waals surface area contributed by atoms with Crippen molar-refractivity contribution in [3.05, 3.63) is 24.2 Å². The zero-order valence-electron chi connectivity index (χ0n) is 12.8. The summed E-state index contributed by atoms with van der Waals surface area (Å²) >= 11 is 0. The quantitative estimate of drug-likeness (QED) is 0.896. The van der Waals surface area contributed by atoms with Gasteiger partial charge < -0.3 is 10.2 Å². The molecule has 0 aliphatic heterocycles. The number of furan rings is 1. The molecule has 20 heavy (non-hydrogen) atoms. The molecule has 2 unspecified atom stereocenters. The highest BCUT2D eigenvalue weighted by atomic mass is 16.3. The number of hydrogen-bond acceptors (Lipinski definition) is 3. The first kappa shape index (κ1) is 14.2. The van der Waals surface area contributed by atoms with E-state index in [1.165, 1.54) is 32.1 Å². The van der Waals surface area contributed by atoms with Gasteiger partial charge in [-0.05, 0) is 49.1 Å². The van der Waals surface area contributed by atoms with Gasteiger partial charge in [-0.25, -0.2) is 0 Å². The van der Waals surface area contributed by atoms with E-state index in [1.54, 1.807) is 6.26 Å². The van der Waals surface area contributed by atoms with E-state index in [-0.39, 0.29) is 0 Å². The fourth-order valence-electron chi connectivity index (χ4n) is 3.70. The van der Waals surface area contributed by atoms with E-state index in [0.717, 1.165) is 24.9 Å². The summed E-state index contributed by atoms with van der Waals surface area (Å²) in [5.41, 5.74) is 6.84. The van der Waals surface area contributed by atoms with E-state index < -0.39 is 0 Å². The molecular weight excluding hydrogens is 248 g/mol. The van der Waals surface area contributed by atoms with Crippen LogP contribution in [0, 0.1) is 11.3 Å². The lowest BCUT2D eigenvalue weighted by Crippen LogP contribution is -2.50. The van der Waals surface area contributed by atoms with Crippen LogP contribution in [0.5, 0.6) is 0 Å². The van der Waals surface area contributed by atoms with Crippen LogP contribution in [0.15, 0.2) is 22.8 Å². The second-order valence-electron chi connectivity index (χ2n) is 7.41. The second kappa shape index (κ2) is 5.53. The Morgan fingerprint density at radius 2 is 2.15 bits per heavy atom. The van der Waals surface area contributed by atoms with E-state index in [1.807, 2.05) is 6.07 Å². The Kier molecular flexibility index (Phi) is 3.91. The Morgan fingerprint density at radius 1 is 1.35 bits per heavy atom. The topological polar surface area (TPSA) is 42.4 Å². The first-order chi connectivity index (χ1) is 9.56. The normalized spacial score (nSPS) is 29.8. The zero-order valence-corrected chi connectivity index (χ0v) is 12.8.